The molecule has 2 heterocycles. The molecule has 11 heteroatoms. The largest absolute Gasteiger partial charge is 0.346 e. The molecule has 0 saturated carbocycles. The lowest BCUT2D eigenvalue weighted by atomic mass is 10.1. The molecule has 150 valence electrons. The molecule has 1 unspecified atom stereocenters. The molecule has 0 spiro atoms. The van der Waals surface area contributed by atoms with Gasteiger partial charge in [-0.3, -0.25) is 14.7 Å². The number of nitrogens with one attached hydrogen (secondary N) is 2. The molecular weight excluding hydrogens is 388 g/mol. The summed E-state index contributed by atoms with van der Waals surface area (Å²) in [5.74, 6) is -5.25. The Balaban J connectivity index is 1.78. The van der Waals surface area contributed by atoms with Crippen molar-refractivity contribution in [1.29, 1.82) is 5.26 Å². The predicted molar refractivity (Wildman–Crippen MR) is 93.7 cm³/mol. The van der Waals surface area contributed by atoms with Crippen LogP contribution in [0, 0.1) is 23.0 Å². The number of anilines is 1. The first kappa shape index (κ1) is 20.1. The Hall–Kier alpha value is -3.62. The number of urea groups is 1. The summed E-state index contributed by atoms with van der Waals surface area (Å²) in [6, 6.07) is 3.90. The van der Waals surface area contributed by atoms with Crippen molar-refractivity contribution in [3.63, 3.8) is 0 Å². The van der Waals surface area contributed by atoms with E-state index in [2.05, 4.69) is 15.6 Å². The monoisotopic (exact) mass is 403 g/mol. The van der Waals surface area contributed by atoms with E-state index >= 15 is 0 Å². The van der Waals surface area contributed by atoms with Crippen LogP contribution >= 0.6 is 0 Å². The van der Waals surface area contributed by atoms with Crippen LogP contribution in [0.2, 0.25) is 0 Å². The van der Waals surface area contributed by atoms with E-state index in [9.17, 15) is 28.6 Å². The maximum atomic E-state index is 13.5. The zero-order valence-electron chi connectivity index (χ0n) is 15.0. The summed E-state index contributed by atoms with van der Waals surface area (Å²) in [5.41, 5.74) is -0.348. The van der Waals surface area contributed by atoms with Crippen LogP contribution in [0.5, 0.6) is 0 Å². The summed E-state index contributed by atoms with van der Waals surface area (Å²) in [5, 5.41) is 34.6. The van der Waals surface area contributed by atoms with Crippen LogP contribution in [-0.2, 0) is 10.7 Å². The number of nitrogens with zero attached hydrogens (tertiary/aromatic N) is 3. The van der Waals surface area contributed by atoms with Gasteiger partial charge in [0.1, 0.15) is 24.2 Å². The summed E-state index contributed by atoms with van der Waals surface area (Å²) >= 11 is 0. The van der Waals surface area contributed by atoms with Crippen LogP contribution < -0.4 is 10.6 Å². The van der Waals surface area contributed by atoms with Crippen LogP contribution in [0.25, 0.3) is 0 Å². The molecule has 1 atom stereocenters. The zero-order valence-corrected chi connectivity index (χ0v) is 15.0. The van der Waals surface area contributed by atoms with Gasteiger partial charge in [-0.15, -0.1) is 0 Å². The molecule has 0 radical (unpaired) electrons. The van der Waals surface area contributed by atoms with Gasteiger partial charge in [-0.1, -0.05) is 0 Å². The fraction of sp³-hybridized carbons (Fsp3) is 0.222. The smallest absolute Gasteiger partial charge is 0.326 e. The van der Waals surface area contributed by atoms with Crippen LogP contribution in [0.3, 0.4) is 0 Å². The third-order valence-electron chi connectivity index (χ3n) is 4.30. The maximum Gasteiger partial charge on any atom is 0.326 e. The van der Waals surface area contributed by atoms with Crippen molar-refractivity contribution in [3.05, 3.63) is 58.9 Å². The van der Waals surface area contributed by atoms with Crippen molar-refractivity contribution in [2.45, 2.75) is 18.9 Å². The highest BCUT2D eigenvalue weighted by atomic mass is 19.1. The van der Waals surface area contributed by atoms with Gasteiger partial charge >= 0.3 is 6.03 Å². The molecule has 3 amide bonds. The molecule has 1 aromatic carbocycles. The Morgan fingerprint density at radius 2 is 2.10 bits per heavy atom. The van der Waals surface area contributed by atoms with Gasteiger partial charge in [0.05, 0.1) is 34.7 Å². The second kappa shape index (κ2) is 7.42. The van der Waals surface area contributed by atoms with Crippen molar-refractivity contribution in [2.75, 3.05) is 11.9 Å². The summed E-state index contributed by atoms with van der Waals surface area (Å²) in [6.07, 6.45) is 0.884. The first-order valence-corrected chi connectivity index (χ1v) is 8.31. The molecule has 1 aliphatic heterocycles. The van der Waals surface area contributed by atoms with Crippen LogP contribution in [0.1, 0.15) is 29.8 Å². The maximum absolute atomic E-state index is 13.5. The lowest BCUT2D eigenvalue weighted by Crippen LogP contribution is -2.57. The molecular formula is C18H15F2N5O4. The number of carbonyl (C=O) groups is 2. The average molecular weight is 403 g/mol. The first-order valence-electron chi connectivity index (χ1n) is 8.31. The molecule has 0 aliphatic carbocycles. The zero-order chi connectivity index (χ0) is 21.3. The Morgan fingerprint density at radius 3 is 2.79 bits per heavy atom. The lowest BCUT2D eigenvalue weighted by Gasteiger charge is -2.39. The number of aliphatic hydroxyl groups is 2. The lowest BCUT2D eigenvalue weighted by molar-refractivity contribution is -0.254. The third-order valence-corrected chi connectivity index (χ3v) is 4.30. The van der Waals surface area contributed by atoms with E-state index in [4.69, 9.17) is 5.26 Å². The number of hydrogen-bond acceptors (Lipinski definition) is 6. The summed E-state index contributed by atoms with van der Waals surface area (Å²) < 4.78 is 26.7. The number of fused-ring (bicyclic) bond motifs is 1. The van der Waals surface area contributed by atoms with Gasteiger partial charge in [-0.25, -0.2) is 13.6 Å². The number of hydrogen-bond donors (Lipinski definition) is 4. The molecule has 9 nitrogen and oxygen atoms in total. The van der Waals surface area contributed by atoms with Gasteiger partial charge in [0, 0.05) is 0 Å². The molecule has 1 aliphatic rings. The van der Waals surface area contributed by atoms with Gasteiger partial charge in [0.2, 0.25) is 5.91 Å². The van der Waals surface area contributed by atoms with Crippen LogP contribution in [0.15, 0.2) is 30.5 Å². The standard InChI is InChI=1S/C18H15F2N5O4/c1-9(16-10(6-21)4-12(20)7-22-16)23-15(26)8-25-17(27)24-14-3-2-11(19)5-13(14)18(25,28)29/h2-5,7,9,28-29H,8H2,1H3,(H,23,26)(H,24,27). The number of amides is 3. The van der Waals surface area contributed by atoms with Gasteiger partial charge in [-0.2, -0.15) is 5.26 Å². The minimum absolute atomic E-state index is 0.0133. The molecule has 0 bridgehead atoms. The van der Waals surface area contributed by atoms with Crippen LogP contribution in [-0.4, -0.2) is 38.6 Å². The molecule has 1 aromatic heterocycles. The Labute approximate surface area is 163 Å². The van der Waals surface area contributed by atoms with Crippen molar-refractivity contribution in [2.24, 2.45) is 0 Å². The van der Waals surface area contributed by atoms with Crippen molar-refractivity contribution < 1.29 is 28.6 Å². The first-order chi connectivity index (χ1) is 13.6. The second-order valence-electron chi connectivity index (χ2n) is 6.33. The third kappa shape index (κ3) is 3.84. The molecule has 0 fully saturated rings. The van der Waals surface area contributed by atoms with Gasteiger partial charge in [0.25, 0.3) is 5.91 Å². The quantitative estimate of drug-likeness (QED) is 0.563. The fourth-order valence-electron chi connectivity index (χ4n) is 2.94. The highest BCUT2D eigenvalue weighted by Crippen LogP contribution is 2.34. The molecule has 0 saturated heterocycles. The molecule has 3 rings (SSSR count). The minimum Gasteiger partial charge on any atom is -0.346 e. The van der Waals surface area contributed by atoms with Crippen molar-refractivity contribution in [3.8, 4) is 6.07 Å². The highest BCUT2D eigenvalue weighted by molar-refractivity contribution is 5.95. The van der Waals surface area contributed by atoms with Gasteiger partial charge in [0.15, 0.2) is 0 Å². The van der Waals surface area contributed by atoms with Crippen molar-refractivity contribution in [1.82, 2.24) is 15.2 Å². The summed E-state index contributed by atoms with van der Waals surface area (Å²) in [4.78, 5) is 28.8. The van der Waals surface area contributed by atoms with Crippen LogP contribution in [0.4, 0.5) is 19.3 Å². The van der Waals surface area contributed by atoms with E-state index in [0.29, 0.717) is 4.90 Å². The second-order valence-corrected chi connectivity index (χ2v) is 6.33. The highest BCUT2D eigenvalue weighted by Gasteiger charge is 2.45. The molecule has 4 N–H and O–H groups in total. The number of carbonyl (C=O) groups excluding carboxylic acids is 2. The predicted octanol–water partition coefficient (Wildman–Crippen LogP) is 1.05. The van der Waals surface area contributed by atoms with Gasteiger partial charge < -0.3 is 20.8 Å². The molecule has 29 heavy (non-hydrogen) atoms. The average Bonchev–Trinajstić information content (AvgIpc) is 2.65. The number of aromatic nitrogens is 1. The Bertz CT molecular complexity index is 1040. The fourth-order valence-corrected chi connectivity index (χ4v) is 2.94. The van der Waals surface area contributed by atoms with Gasteiger partial charge in [-0.05, 0) is 31.2 Å². The number of benzene rings is 1. The number of rotatable bonds is 4. The topological polar surface area (TPSA) is 139 Å². The summed E-state index contributed by atoms with van der Waals surface area (Å²) in [6.45, 7) is 0.674. The van der Waals surface area contributed by atoms with E-state index < -0.39 is 42.1 Å². The Kier molecular flexibility index (Phi) is 5.15. The van der Waals surface area contributed by atoms with Crippen molar-refractivity contribution >= 4 is 17.6 Å². The Morgan fingerprint density at radius 1 is 1.38 bits per heavy atom. The van der Waals surface area contributed by atoms with E-state index in [-0.39, 0.29) is 22.5 Å². The normalized spacial score (nSPS) is 15.7. The summed E-state index contributed by atoms with van der Waals surface area (Å²) in [7, 11) is 0. The minimum atomic E-state index is -2.94. The number of nitriles is 1. The van der Waals surface area contributed by atoms with E-state index in [1.165, 1.54) is 6.92 Å². The van der Waals surface area contributed by atoms with E-state index in [1.807, 2.05) is 0 Å². The number of halogens is 2. The number of pyridine rings is 1. The van der Waals surface area contributed by atoms with E-state index in [1.54, 1.807) is 6.07 Å². The SMILES string of the molecule is CC(NC(=O)CN1C(=O)Nc2ccc(F)cc2C1(O)O)c1ncc(F)cc1C#N. The van der Waals surface area contributed by atoms with E-state index in [0.717, 1.165) is 30.5 Å². The molecule has 2 aromatic rings.